The molecule has 1 heterocycles. The summed E-state index contributed by atoms with van der Waals surface area (Å²) < 4.78 is 16.1. The predicted molar refractivity (Wildman–Crippen MR) is 92.8 cm³/mol. The normalized spacial score (nSPS) is 14.0. The first-order valence-electron chi connectivity index (χ1n) is 8.30. The molecule has 136 valence electrons. The van der Waals surface area contributed by atoms with Gasteiger partial charge in [-0.2, -0.15) is 0 Å². The molecule has 1 aliphatic heterocycles. The Balaban J connectivity index is 1.79. The topological polar surface area (TPSA) is 68.3 Å². The van der Waals surface area contributed by atoms with Crippen LogP contribution in [0.3, 0.4) is 0 Å². The second kappa shape index (κ2) is 9.56. The Labute approximate surface area is 147 Å². The molecule has 0 spiro atoms. The highest BCUT2D eigenvalue weighted by atomic mass is 16.6. The molecule has 1 aromatic carbocycles. The second-order valence-corrected chi connectivity index (χ2v) is 5.40. The first-order valence-corrected chi connectivity index (χ1v) is 8.30. The molecule has 1 aromatic rings. The van der Waals surface area contributed by atoms with Gasteiger partial charge < -0.3 is 24.0 Å². The highest BCUT2D eigenvalue weighted by Gasteiger charge is 2.25. The number of amides is 2. The summed E-state index contributed by atoms with van der Waals surface area (Å²) in [5.41, 5.74) is 0. The number of para-hydroxylation sites is 2. The minimum absolute atomic E-state index is 0.0645. The van der Waals surface area contributed by atoms with Gasteiger partial charge in [-0.05, 0) is 19.1 Å². The quantitative estimate of drug-likeness (QED) is 0.705. The number of carbonyl (C=O) groups is 2. The lowest BCUT2D eigenvalue weighted by Gasteiger charge is -2.34. The van der Waals surface area contributed by atoms with Crippen LogP contribution in [0.1, 0.15) is 6.92 Å². The fourth-order valence-corrected chi connectivity index (χ4v) is 2.43. The number of nitrogens with zero attached hydrogens (tertiary/aromatic N) is 2. The number of rotatable bonds is 7. The van der Waals surface area contributed by atoms with Gasteiger partial charge in [0.1, 0.15) is 6.61 Å². The van der Waals surface area contributed by atoms with E-state index in [2.05, 4.69) is 6.58 Å². The molecule has 0 radical (unpaired) electrons. The van der Waals surface area contributed by atoms with Gasteiger partial charge in [0, 0.05) is 26.2 Å². The van der Waals surface area contributed by atoms with Gasteiger partial charge in [-0.15, -0.1) is 0 Å². The summed E-state index contributed by atoms with van der Waals surface area (Å²) >= 11 is 0. The summed E-state index contributed by atoms with van der Waals surface area (Å²) in [4.78, 5) is 27.3. The van der Waals surface area contributed by atoms with Crippen LogP contribution in [0.2, 0.25) is 0 Å². The van der Waals surface area contributed by atoms with Crippen molar-refractivity contribution in [2.75, 3.05) is 46.0 Å². The van der Waals surface area contributed by atoms with Crippen molar-refractivity contribution in [1.82, 2.24) is 9.80 Å². The van der Waals surface area contributed by atoms with Gasteiger partial charge in [0.25, 0.3) is 5.91 Å². The minimum Gasteiger partial charge on any atom is -0.490 e. The second-order valence-electron chi connectivity index (χ2n) is 5.40. The molecular formula is C18H24N2O5. The van der Waals surface area contributed by atoms with Gasteiger partial charge in [-0.1, -0.05) is 24.8 Å². The predicted octanol–water partition coefficient (Wildman–Crippen LogP) is 1.93. The van der Waals surface area contributed by atoms with E-state index in [9.17, 15) is 9.59 Å². The molecule has 0 atom stereocenters. The third-order valence-corrected chi connectivity index (χ3v) is 3.72. The Morgan fingerprint density at radius 3 is 2.28 bits per heavy atom. The molecule has 0 unspecified atom stereocenters. The molecule has 0 N–H and O–H groups in total. The average molecular weight is 348 g/mol. The van der Waals surface area contributed by atoms with E-state index in [1.807, 2.05) is 19.1 Å². The number of benzene rings is 1. The molecule has 0 aliphatic carbocycles. The van der Waals surface area contributed by atoms with Crippen molar-refractivity contribution in [2.24, 2.45) is 0 Å². The van der Waals surface area contributed by atoms with Crippen molar-refractivity contribution in [3.63, 3.8) is 0 Å². The van der Waals surface area contributed by atoms with Gasteiger partial charge in [-0.25, -0.2) is 4.79 Å². The lowest BCUT2D eigenvalue weighted by Crippen LogP contribution is -2.51. The molecule has 0 aromatic heterocycles. The van der Waals surface area contributed by atoms with Crippen molar-refractivity contribution < 1.29 is 23.8 Å². The number of piperazine rings is 1. The summed E-state index contributed by atoms with van der Waals surface area (Å²) in [6.45, 7) is 7.84. The van der Waals surface area contributed by atoms with E-state index in [1.165, 1.54) is 6.08 Å². The Morgan fingerprint density at radius 2 is 1.68 bits per heavy atom. The van der Waals surface area contributed by atoms with Crippen LogP contribution < -0.4 is 9.47 Å². The molecule has 0 saturated carbocycles. The summed E-state index contributed by atoms with van der Waals surface area (Å²) in [5, 5.41) is 0. The van der Waals surface area contributed by atoms with Crippen molar-refractivity contribution in [2.45, 2.75) is 6.92 Å². The highest BCUT2D eigenvalue weighted by molar-refractivity contribution is 5.78. The molecule has 1 saturated heterocycles. The molecule has 0 bridgehead atoms. The standard InChI is InChI=1S/C18H24N2O5/c1-3-13-24-18(22)20-11-9-19(10-12-20)17(21)14-25-16-8-6-5-7-15(16)23-4-2/h3,5-8H,1,4,9-14H2,2H3. The van der Waals surface area contributed by atoms with Gasteiger partial charge in [0.15, 0.2) is 18.1 Å². The van der Waals surface area contributed by atoms with Gasteiger partial charge >= 0.3 is 6.09 Å². The van der Waals surface area contributed by atoms with Gasteiger partial charge in [0.2, 0.25) is 0 Å². The summed E-state index contributed by atoms with van der Waals surface area (Å²) in [6.07, 6.45) is 1.14. The smallest absolute Gasteiger partial charge is 0.410 e. The molecule has 2 amide bonds. The Kier molecular flexibility index (Phi) is 7.13. The third kappa shape index (κ3) is 5.41. The van der Waals surface area contributed by atoms with Crippen molar-refractivity contribution in [3.8, 4) is 11.5 Å². The summed E-state index contributed by atoms with van der Waals surface area (Å²) in [5.74, 6) is 1.04. The monoisotopic (exact) mass is 348 g/mol. The summed E-state index contributed by atoms with van der Waals surface area (Å²) in [6, 6.07) is 7.25. The minimum atomic E-state index is -0.381. The molecule has 7 nitrogen and oxygen atoms in total. The third-order valence-electron chi connectivity index (χ3n) is 3.72. The number of ether oxygens (including phenoxy) is 3. The Morgan fingerprint density at radius 1 is 1.08 bits per heavy atom. The number of hydrogen-bond donors (Lipinski definition) is 0. The van der Waals surface area contributed by atoms with Crippen LogP contribution >= 0.6 is 0 Å². The zero-order chi connectivity index (χ0) is 18.1. The fraction of sp³-hybridized carbons (Fsp3) is 0.444. The molecule has 25 heavy (non-hydrogen) atoms. The Bertz CT molecular complexity index is 597. The van der Waals surface area contributed by atoms with E-state index in [-0.39, 0.29) is 25.2 Å². The highest BCUT2D eigenvalue weighted by Crippen LogP contribution is 2.26. The van der Waals surface area contributed by atoms with Crippen molar-refractivity contribution >= 4 is 12.0 Å². The van der Waals surface area contributed by atoms with Crippen molar-refractivity contribution in [3.05, 3.63) is 36.9 Å². The number of hydrogen-bond acceptors (Lipinski definition) is 5. The van der Waals surface area contributed by atoms with E-state index < -0.39 is 0 Å². The maximum Gasteiger partial charge on any atom is 0.410 e. The molecular weight excluding hydrogens is 324 g/mol. The van der Waals surface area contributed by atoms with Crippen LogP contribution in [0.15, 0.2) is 36.9 Å². The Hall–Kier alpha value is -2.70. The zero-order valence-corrected chi connectivity index (χ0v) is 14.5. The first-order chi connectivity index (χ1) is 12.2. The van der Waals surface area contributed by atoms with Crippen LogP contribution in [0.4, 0.5) is 4.79 Å². The van der Waals surface area contributed by atoms with Crippen LogP contribution in [0, 0.1) is 0 Å². The lowest BCUT2D eigenvalue weighted by molar-refractivity contribution is -0.135. The van der Waals surface area contributed by atoms with Gasteiger partial charge in [0.05, 0.1) is 6.61 Å². The van der Waals surface area contributed by atoms with Gasteiger partial charge in [-0.3, -0.25) is 4.79 Å². The summed E-state index contributed by atoms with van der Waals surface area (Å²) in [7, 11) is 0. The molecule has 7 heteroatoms. The molecule has 1 fully saturated rings. The zero-order valence-electron chi connectivity index (χ0n) is 14.5. The van der Waals surface area contributed by atoms with Crippen LogP contribution in [0.25, 0.3) is 0 Å². The molecule has 1 aliphatic rings. The SMILES string of the molecule is C=CCOC(=O)N1CCN(C(=O)COc2ccccc2OCC)CC1. The largest absolute Gasteiger partial charge is 0.490 e. The van der Waals surface area contributed by atoms with Crippen LogP contribution in [0.5, 0.6) is 11.5 Å². The van der Waals surface area contributed by atoms with E-state index in [4.69, 9.17) is 14.2 Å². The molecule has 2 rings (SSSR count). The van der Waals surface area contributed by atoms with Crippen molar-refractivity contribution in [1.29, 1.82) is 0 Å². The fourth-order valence-electron chi connectivity index (χ4n) is 2.43. The lowest BCUT2D eigenvalue weighted by atomic mass is 10.3. The van der Waals surface area contributed by atoms with Crippen LogP contribution in [-0.2, 0) is 9.53 Å². The maximum absolute atomic E-state index is 12.3. The number of carbonyl (C=O) groups excluding carboxylic acids is 2. The average Bonchev–Trinajstić information content (AvgIpc) is 2.65. The first kappa shape index (κ1) is 18.6. The van der Waals surface area contributed by atoms with E-state index in [1.54, 1.807) is 21.9 Å². The van der Waals surface area contributed by atoms with E-state index in [0.29, 0.717) is 44.3 Å². The van der Waals surface area contributed by atoms with Crippen LogP contribution in [-0.4, -0.2) is 67.8 Å². The van der Waals surface area contributed by atoms with E-state index in [0.717, 1.165) is 0 Å². The van der Waals surface area contributed by atoms with E-state index >= 15 is 0 Å². The maximum atomic E-state index is 12.3.